The molecule has 2 N–H and O–H groups in total. The Labute approximate surface area is 119 Å². The Balaban J connectivity index is 1.70. The molecule has 1 aliphatic carbocycles. The van der Waals surface area contributed by atoms with Crippen LogP contribution < -0.4 is 5.32 Å². The summed E-state index contributed by atoms with van der Waals surface area (Å²) in [6.07, 6.45) is 3.70. The molecule has 0 heterocycles. The van der Waals surface area contributed by atoms with Gasteiger partial charge >= 0.3 is 0 Å². The van der Waals surface area contributed by atoms with E-state index in [0.717, 1.165) is 37.1 Å². The van der Waals surface area contributed by atoms with Crippen LogP contribution in [0.2, 0.25) is 5.02 Å². The summed E-state index contributed by atoms with van der Waals surface area (Å²) in [6, 6.07) is 7.68. The van der Waals surface area contributed by atoms with Gasteiger partial charge in [0.1, 0.15) is 0 Å². The number of aliphatic hydroxyl groups is 1. The molecule has 104 valence electrons. The van der Waals surface area contributed by atoms with Gasteiger partial charge in [0.2, 0.25) is 5.91 Å². The first kappa shape index (κ1) is 14.4. The van der Waals surface area contributed by atoms with Crippen molar-refractivity contribution in [3.05, 3.63) is 34.9 Å². The summed E-state index contributed by atoms with van der Waals surface area (Å²) in [4.78, 5) is 11.9. The zero-order chi connectivity index (χ0) is 13.7. The summed E-state index contributed by atoms with van der Waals surface area (Å²) >= 11 is 5.82. The molecule has 0 radical (unpaired) electrons. The van der Waals surface area contributed by atoms with Crippen molar-refractivity contribution in [1.82, 2.24) is 5.32 Å². The summed E-state index contributed by atoms with van der Waals surface area (Å²) in [5.74, 6) is 0.203. The zero-order valence-electron chi connectivity index (χ0n) is 10.9. The fraction of sp³-hybridized carbons (Fsp3) is 0.533. The van der Waals surface area contributed by atoms with Crippen LogP contribution in [0.5, 0.6) is 0 Å². The lowest BCUT2D eigenvalue weighted by molar-refractivity contribution is -0.126. The SMILES string of the molecule is O=C(NCCc1ccc(Cl)cc1)C1CCC(O)CC1. The summed E-state index contributed by atoms with van der Waals surface area (Å²) in [7, 11) is 0. The topological polar surface area (TPSA) is 49.3 Å². The maximum atomic E-state index is 11.9. The minimum atomic E-state index is -0.210. The van der Waals surface area contributed by atoms with Crippen molar-refractivity contribution in [2.24, 2.45) is 5.92 Å². The fourth-order valence-electron chi connectivity index (χ4n) is 2.46. The number of hydrogen-bond donors (Lipinski definition) is 2. The van der Waals surface area contributed by atoms with E-state index >= 15 is 0 Å². The third-order valence-electron chi connectivity index (χ3n) is 3.69. The second kappa shape index (κ2) is 6.92. The Morgan fingerprint density at radius 1 is 1.21 bits per heavy atom. The lowest BCUT2D eigenvalue weighted by Crippen LogP contribution is -2.35. The molecule has 3 nitrogen and oxygen atoms in total. The van der Waals surface area contributed by atoms with E-state index in [1.165, 1.54) is 5.56 Å². The van der Waals surface area contributed by atoms with Crippen molar-refractivity contribution in [1.29, 1.82) is 0 Å². The molecule has 1 fully saturated rings. The van der Waals surface area contributed by atoms with Crippen LogP contribution in [-0.4, -0.2) is 23.7 Å². The number of benzene rings is 1. The van der Waals surface area contributed by atoms with Gasteiger partial charge in [-0.25, -0.2) is 0 Å². The first-order valence-electron chi connectivity index (χ1n) is 6.85. The largest absolute Gasteiger partial charge is 0.393 e. The molecule has 1 aliphatic rings. The van der Waals surface area contributed by atoms with Gasteiger partial charge in [-0.05, 0) is 49.8 Å². The van der Waals surface area contributed by atoms with E-state index in [0.29, 0.717) is 6.54 Å². The van der Waals surface area contributed by atoms with Crippen molar-refractivity contribution in [2.75, 3.05) is 6.54 Å². The van der Waals surface area contributed by atoms with Gasteiger partial charge < -0.3 is 10.4 Å². The molecule has 1 amide bonds. The summed E-state index contributed by atoms with van der Waals surface area (Å²) in [6.45, 7) is 0.652. The van der Waals surface area contributed by atoms with Crippen molar-refractivity contribution in [3.8, 4) is 0 Å². The van der Waals surface area contributed by atoms with E-state index in [1.807, 2.05) is 24.3 Å². The molecule has 1 aromatic rings. The third kappa shape index (κ3) is 4.51. The molecule has 0 aromatic heterocycles. The van der Waals surface area contributed by atoms with Gasteiger partial charge in [0.05, 0.1) is 6.10 Å². The number of halogens is 1. The first-order valence-corrected chi connectivity index (χ1v) is 7.23. The third-order valence-corrected chi connectivity index (χ3v) is 3.95. The Bertz CT molecular complexity index is 411. The minimum absolute atomic E-state index is 0.0774. The lowest BCUT2D eigenvalue weighted by atomic mass is 9.87. The Kier molecular flexibility index (Phi) is 5.23. The van der Waals surface area contributed by atoms with Crippen molar-refractivity contribution in [3.63, 3.8) is 0 Å². The van der Waals surface area contributed by atoms with E-state index in [9.17, 15) is 9.90 Å². The number of rotatable bonds is 4. The molecule has 0 atom stereocenters. The normalized spacial score (nSPS) is 23.1. The highest BCUT2D eigenvalue weighted by molar-refractivity contribution is 6.30. The molecular weight excluding hydrogens is 262 g/mol. The Morgan fingerprint density at radius 3 is 2.47 bits per heavy atom. The van der Waals surface area contributed by atoms with Gasteiger partial charge in [-0.1, -0.05) is 23.7 Å². The Hall–Kier alpha value is -1.06. The van der Waals surface area contributed by atoms with Gasteiger partial charge in [0, 0.05) is 17.5 Å². The maximum absolute atomic E-state index is 11.9. The monoisotopic (exact) mass is 281 g/mol. The van der Waals surface area contributed by atoms with Crippen LogP contribution in [0.25, 0.3) is 0 Å². The van der Waals surface area contributed by atoms with Gasteiger partial charge in [0.25, 0.3) is 0 Å². The predicted molar refractivity (Wildman–Crippen MR) is 76.1 cm³/mol. The number of carbonyl (C=O) groups is 1. The molecule has 0 saturated heterocycles. The van der Waals surface area contributed by atoms with E-state index in [4.69, 9.17) is 11.6 Å². The van der Waals surface area contributed by atoms with Gasteiger partial charge in [0.15, 0.2) is 0 Å². The minimum Gasteiger partial charge on any atom is -0.393 e. The molecule has 0 unspecified atom stereocenters. The Morgan fingerprint density at radius 2 is 1.84 bits per heavy atom. The molecule has 2 rings (SSSR count). The summed E-state index contributed by atoms with van der Waals surface area (Å²) in [5.41, 5.74) is 1.17. The predicted octanol–water partition coefficient (Wildman–Crippen LogP) is 2.55. The molecule has 0 bridgehead atoms. The van der Waals surface area contributed by atoms with Crippen LogP contribution in [0.4, 0.5) is 0 Å². The summed E-state index contributed by atoms with van der Waals surface area (Å²) < 4.78 is 0. The highest BCUT2D eigenvalue weighted by Gasteiger charge is 2.24. The average molecular weight is 282 g/mol. The molecule has 4 heteroatoms. The molecule has 1 saturated carbocycles. The summed E-state index contributed by atoms with van der Waals surface area (Å²) in [5, 5.41) is 13.1. The standard InChI is InChI=1S/C15H20ClNO2/c16-13-5-1-11(2-6-13)9-10-17-15(19)12-3-7-14(18)8-4-12/h1-2,5-6,12,14,18H,3-4,7-10H2,(H,17,19). The molecule has 1 aromatic carbocycles. The van der Waals surface area contributed by atoms with Gasteiger partial charge in [-0.2, -0.15) is 0 Å². The number of amides is 1. The van der Waals surface area contributed by atoms with Crippen LogP contribution in [0.15, 0.2) is 24.3 Å². The smallest absolute Gasteiger partial charge is 0.223 e. The van der Waals surface area contributed by atoms with Gasteiger partial charge in [-0.3, -0.25) is 4.79 Å². The highest BCUT2D eigenvalue weighted by atomic mass is 35.5. The van der Waals surface area contributed by atoms with E-state index in [-0.39, 0.29) is 17.9 Å². The average Bonchev–Trinajstić information content (AvgIpc) is 2.41. The zero-order valence-corrected chi connectivity index (χ0v) is 11.7. The van der Waals surface area contributed by atoms with Gasteiger partial charge in [-0.15, -0.1) is 0 Å². The van der Waals surface area contributed by atoms with E-state index in [1.54, 1.807) is 0 Å². The van der Waals surface area contributed by atoms with Crippen molar-refractivity contribution in [2.45, 2.75) is 38.2 Å². The first-order chi connectivity index (χ1) is 9.15. The molecule has 0 spiro atoms. The second-order valence-electron chi connectivity index (χ2n) is 5.17. The highest BCUT2D eigenvalue weighted by Crippen LogP contribution is 2.24. The van der Waals surface area contributed by atoms with Crippen LogP contribution in [0.1, 0.15) is 31.2 Å². The molecule has 19 heavy (non-hydrogen) atoms. The van der Waals surface area contributed by atoms with Crippen LogP contribution in [-0.2, 0) is 11.2 Å². The molecule has 0 aliphatic heterocycles. The number of hydrogen-bond acceptors (Lipinski definition) is 2. The van der Waals surface area contributed by atoms with Crippen molar-refractivity contribution < 1.29 is 9.90 Å². The van der Waals surface area contributed by atoms with E-state index in [2.05, 4.69) is 5.32 Å². The van der Waals surface area contributed by atoms with Crippen LogP contribution in [0, 0.1) is 5.92 Å². The quantitative estimate of drug-likeness (QED) is 0.891. The second-order valence-corrected chi connectivity index (χ2v) is 5.61. The van der Waals surface area contributed by atoms with Crippen molar-refractivity contribution >= 4 is 17.5 Å². The molecular formula is C15H20ClNO2. The number of carbonyl (C=O) groups excluding carboxylic acids is 1. The van der Waals surface area contributed by atoms with E-state index < -0.39 is 0 Å². The number of nitrogens with one attached hydrogen (secondary N) is 1. The van der Waals surface area contributed by atoms with Crippen LogP contribution >= 0.6 is 11.6 Å². The van der Waals surface area contributed by atoms with Crippen LogP contribution in [0.3, 0.4) is 0 Å². The maximum Gasteiger partial charge on any atom is 0.223 e. The number of aliphatic hydroxyl groups excluding tert-OH is 1. The fourth-order valence-corrected chi connectivity index (χ4v) is 2.59. The lowest BCUT2D eigenvalue weighted by Gasteiger charge is -2.24.